The Morgan fingerprint density at radius 1 is 0.886 bits per heavy atom. The van der Waals surface area contributed by atoms with Crippen LogP contribution in [0.1, 0.15) is 54.4 Å². The maximum Gasteiger partial charge on any atom is 0.230 e. The third-order valence-electron chi connectivity index (χ3n) is 8.34. The number of nitrogens with zero attached hydrogens (tertiary/aromatic N) is 3. The molecule has 4 heteroatoms. The van der Waals surface area contributed by atoms with Gasteiger partial charge in [0.1, 0.15) is 0 Å². The van der Waals surface area contributed by atoms with Crippen LogP contribution in [0.15, 0.2) is 42.5 Å². The van der Waals surface area contributed by atoms with Crippen molar-refractivity contribution >= 4 is 11.6 Å². The zero-order valence-electron chi connectivity index (χ0n) is 22.4. The molecule has 35 heavy (non-hydrogen) atoms. The fraction of sp³-hybridized carbons (Fsp3) is 0.581. The quantitative estimate of drug-likeness (QED) is 0.495. The van der Waals surface area contributed by atoms with Gasteiger partial charge in [0, 0.05) is 18.2 Å². The van der Waals surface area contributed by atoms with Crippen molar-refractivity contribution in [1.82, 2.24) is 9.80 Å². The van der Waals surface area contributed by atoms with Gasteiger partial charge in [0.15, 0.2) is 0 Å². The molecule has 2 aliphatic rings. The Kier molecular flexibility index (Phi) is 9.02. The normalized spacial score (nSPS) is 18.6. The van der Waals surface area contributed by atoms with Crippen LogP contribution in [0.25, 0.3) is 0 Å². The molecule has 2 heterocycles. The van der Waals surface area contributed by atoms with Gasteiger partial charge in [-0.1, -0.05) is 35.9 Å². The molecule has 0 atom stereocenters. The number of rotatable bonds is 8. The van der Waals surface area contributed by atoms with Crippen LogP contribution in [-0.2, 0) is 11.2 Å². The standard InChI is InChI=1S/C31H45N3O/c1-24-6-9-27(10-7-24)23-28-12-20-33(21-13-28)16-5-17-34(30-11-8-25(2)26(3)22-30)31(35)29-14-18-32(4)19-15-29/h6-11,22,28-29H,5,12-21,23H2,1-4H3. The predicted octanol–water partition coefficient (Wildman–Crippen LogP) is 5.63. The highest BCUT2D eigenvalue weighted by Gasteiger charge is 2.28. The van der Waals surface area contributed by atoms with Crippen LogP contribution in [0.4, 0.5) is 5.69 Å². The third-order valence-corrected chi connectivity index (χ3v) is 8.34. The number of aryl methyl sites for hydroxylation is 3. The molecular weight excluding hydrogens is 430 g/mol. The Morgan fingerprint density at radius 2 is 1.57 bits per heavy atom. The first-order chi connectivity index (χ1) is 16.9. The van der Waals surface area contributed by atoms with Gasteiger partial charge in [-0.05, 0) is 134 Å². The number of likely N-dealkylation sites (tertiary alicyclic amines) is 2. The second-order valence-corrected chi connectivity index (χ2v) is 11.2. The van der Waals surface area contributed by atoms with Crippen molar-refractivity contribution in [2.24, 2.45) is 11.8 Å². The zero-order chi connectivity index (χ0) is 24.8. The van der Waals surface area contributed by atoms with E-state index in [-0.39, 0.29) is 5.92 Å². The van der Waals surface area contributed by atoms with Gasteiger partial charge in [0.2, 0.25) is 5.91 Å². The van der Waals surface area contributed by atoms with Gasteiger partial charge in [-0.2, -0.15) is 0 Å². The second-order valence-electron chi connectivity index (χ2n) is 11.2. The van der Waals surface area contributed by atoms with Gasteiger partial charge in [-0.25, -0.2) is 0 Å². The Hall–Kier alpha value is -2.17. The molecule has 0 unspecified atom stereocenters. The van der Waals surface area contributed by atoms with Crippen molar-refractivity contribution in [2.75, 3.05) is 51.2 Å². The Morgan fingerprint density at radius 3 is 2.23 bits per heavy atom. The largest absolute Gasteiger partial charge is 0.312 e. The smallest absolute Gasteiger partial charge is 0.230 e. The van der Waals surface area contributed by atoms with E-state index in [0.29, 0.717) is 5.91 Å². The molecule has 0 radical (unpaired) electrons. The molecule has 190 valence electrons. The van der Waals surface area contributed by atoms with E-state index in [1.54, 1.807) is 0 Å². The number of piperidine rings is 2. The van der Waals surface area contributed by atoms with Crippen molar-refractivity contribution in [2.45, 2.75) is 59.3 Å². The fourth-order valence-electron chi connectivity index (χ4n) is 5.66. The molecule has 4 rings (SSSR count). The van der Waals surface area contributed by atoms with Crippen LogP contribution >= 0.6 is 0 Å². The van der Waals surface area contributed by atoms with Gasteiger partial charge in [0.25, 0.3) is 0 Å². The summed E-state index contributed by atoms with van der Waals surface area (Å²) in [7, 11) is 2.16. The first kappa shape index (κ1) is 25.9. The minimum Gasteiger partial charge on any atom is -0.312 e. The van der Waals surface area contributed by atoms with Crippen LogP contribution in [0, 0.1) is 32.6 Å². The molecule has 0 aliphatic carbocycles. The number of benzene rings is 2. The molecule has 2 fully saturated rings. The number of hydrogen-bond acceptors (Lipinski definition) is 3. The van der Waals surface area contributed by atoms with E-state index in [4.69, 9.17) is 0 Å². The summed E-state index contributed by atoms with van der Waals surface area (Å²) < 4.78 is 0. The van der Waals surface area contributed by atoms with Crippen LogP contribution in [-0.4, -0.2) is 62.0 Å². The van der Waals surface area contributed by atoms with E-state index in [2.05, 4.69) is 85.0 Å². The Labute approximate surface area is 213 Å². The first-order valence-electron chi connectivity index (χ1n) is 13.7. The van der Waals surface area contributed by atoms with E-state index in [1.165, 1.54) is 54.6 Å². The van der Waals surface area contributed by atoms with E-state index < -0.39 is 0 Å². The highest BCUT2D eigenvalue weighted by molar-refractivity contribution is 5.95. The van der Waals surface area contributed by atoms with E-state index in [9.17, 15) is 4.79 Å². The molecule has 2 saturated heterocycles. The lowest BCUT2D eigenvalue weighted by Crippen LogP contribution is -2.43. The van der Waals surface area contributed by atoms with E-state index in [0.717, 1.165) is 57.0 Å². The molecule has 0 N–H and O–H groups in total. The maximum atomic E-state index is 13.6. The van der Waals surface area contributed by atoms with Crippen LogP contribution in [0.5, 0.6) is 0 Å². The lowest BCUT2D eigenvalue weighted by atomic mass is 9.90. The molecule has 4 nitrogen and oxygen atoms in total. The number of hydrogen-bond donors (Lipinski definition) is 0. The molecule has 2 aliphatic heterocycles. The second kappa shape index (κ2) is 12.2. The third kappa shape index (κ3) is 7.17. The molecule has 2 aromatic carbocycles. The summed E-state index contributed by atoms with van der Waals surface area (Å²) in [6.45, 7) is 12.8. The Balaban J connectivity index is 1.30. The van der Waals surface area contributed by atoms with Gasteiger partial charge in [0.05, 0.1) is 0 Å². The van der Waals surface area contributed by atoms with Crippen molar-refractivity contribution in [1.29, 1.82) is 0 Å². The summed E-state index contributed by atoms with van der Waals surface area (Å²) in [5.41, 5.74) is 6.44. The fourth-order valence-corrected chi connectivity index (χ4v) is 5.66. The summed E-state index contributed by atoms with van der Waals surface area (Å²) in [4.78, 5) is 20.7. The van der Waals surface area contributed by atoms with Crippen LogP contribution in [0.3, 0.4) is 0 Å². The summed E-state index contributed by atoms with van der Waals surface area (Å²) in [6, 6.07) is 15.6. The van der Waals surface area contributed by atoms with Crippen molar-refractivity contribution in [3.63, 3.8) is 0 Å². The molecule has 2 aromatic rings. The summed E-state index contributed by atoms with van der Waals surface area (Å²) >= 11 is 0. The minimum atomic E-state index is 0.158. The SMILES string of the molecule is Cc1ccc(CC2CCN(CCCN(C(=O)C3CCN(C)CC3)c3ccc(C)c(C)c3)CC2)cc1. The van der Waals surface area contributed by atoms with Gasteiger partial charge in [-0.15, -0.1) is 0 Å². The number of anilines is 1. The summed E-state index contributed by atoms with van der Waals surface area (Å²) in [5, 5.41) is 0. The lowest BCUT2D eigenvalue weighted by Gasteiger charge is -2.34. The van der Waals surface area contributed by atoms with Gasteiger partial charge < -0.3 is 14.7 Å². The highest BCUT2D eigenvalue weighted by atomic mass is 16.2. The molecular formula is C31H45N3O. The minimum absolute atomic E-state index is 0.158. The first-order valence-corrected chi connectivity index (χ1v) is 13.7. The predicted molar refractivity (Wildman–Crippen MR) is 147 cm³/mol. The van der Waals surface area contributed by atoms with Gasteiger partial charge >= 0.3 is 0 Å². The monoisotopic (exact) mass is 475 g/mol. The molecule has 0 bridgehead atoms. The molecule has 1 amide bonds. The van der Waals surface area contributed by atoms with Gasteiger partial charge in [-0.3, -0.25) is 4.79 Å². The van der Waals surface area contributed by atoms with E-state index >= 15 is 0 Å². The van der Waals surface area contributed by atoms with Crippen molar-refractivity contribution in [3.8, 4) is 0 Å². The summed E-state index contributed by atoms with van der Waals surface area (Å²) in [6.07, 6.45) is 6.76. The highest BCUT2D eigenvalue weighted by Crippen LogP contribution is 2.26. The lowest BCUT2D eigenvalue weighted by molar-refractivity contribution is -0.123. The average Bonchev–Trinajstić information content (AvgIpc) is 2.86. The molecule has 0 spiro atoms. The van der Waals surface area contributed by atoms with Crippen LogP contribution < -0.4 is 4.90 Å². The number of carbonyl (C=O) groups is 1. The zero-order valence-corrected chi connectivity index (χ0v) is 22.4. The average molecular weight is 476 g/mol. The summed E-state index contributed by atoms with van der Waals surface area (Å²) in [5.74, 6) is 1.29. The maximum absolute atomic E-state index is 13.6. The van der Waals surface area contributed by atoms with Crippen molar-refractivity contribution in [3.05, 3.63) is 64.7 Å². The topological polar surface area (TPSA) is 26.8 Å². The van der Waals surface area contributed by atoms with E-state index in [1.807, 2.05) is 0 Å². The van der Waals surface area contributed by atoms with Crippen molar-refractivity contribution < 1.29 is 4.79 Å². The molecule has 0 saturated carbocycles. The molecule has 0 aromatic heterocycles. The van der Waals surface area contributed by atoms with Crippen LogP contribution in [0.2, 0.25) is 0 Å². The number of amides is 1. The number of carbonyl (C=O) groups excluding carboxylic acids is 1. The Bertz CT molecular complexity index is 954.